The molecule has 5 nitrogen and oxygen atoms in total. The lowest BCUT2D eigenvalue weighted by Crippen LogP contribution is -2.46. The van der Waals surface area contributed by atoms with Crippen LogP contribution in [0.25, 0.3) is 0 Å². The highest BCUT2D eigenvalue weighted by Crippen LogP contribution is 2.24. The number of hydrogen-bond donors (Lipinski definition) is 2. The quantitative estimate of drug-likeness (QED) is 0.868. The number of aryl methyl sites for hydroxylation is 1. The highest BCUT2D eigenvalue weighted by atomic mass is 16.3. The summed E-state index contributed by atoms with van der Waals surface area (Å²) in [5, 5.41) is 12.3. The van der Waals surface area contributed by atoms with Crippen molar-refractivity contribution >= 4 is 17.3 Å². The summed E-state index contributed by atoms with van der Waals surface area (Å²) in [7, 11) is 0. The van der Waals surface area contributed by atoms with E-state index >= 15 is 0 Å². The third-order valence-electron chi connectivity index (χ3n) is 4.97. The molecule has 1 aliphatic rings. The molecule has 26 heavy (non-hydrogen) atoms. The van der Waals surface area contributed by atoms with E-state index < -0.39 is 0 Å². The molecule has 1 aliphatic heterocycles. The average molecular weight is 353 g/mol. The standard InChI is InChI=1S/C21H27N3O2/c1-3-23-10-12-24(13-11-23)18-6-9-20(16(2)14-18)22-21(26)15-17-4-7-19(25)8-5-17/h4-9,14,25H,3,10-13,15H2,1-2H3,(H,22,26). The van der Waals surface area contributed by atoms with Gasteiger partial charge in [0.15, 0.2) is 0 Å². The minimum absolute atomic E-state index is 0.0527. The largest absolute Gasteiger partial charge is 0.508 e. The van der Waals surface area contributed by atoms with E-state index in [1.807, 2.05) is 13.0 Å². The molecule has 1 fully saturated rings. The molecule has 0 radical (unpaired) electrons. The first-order chi connectivity index (χ1) is 12.5. The van der Waals surface area contributed by atoms with E-state index in [9.17, 15) is 9.90 Å². The van der Waals surface area contributed by atoms with Gasteiger partial charge < -0.3 is 20.2 Å². The van der Waals surface area contributed by atoms with Crippen LogP contribution < -0.4 is 10.2 Å². The van der Waals surface area contributed by atoms with Crippen LogP contribution in [0.2, 0.25) is 0 Å². The van der Waals surface area contributed by atoms with Crippen LogP contribution in [0.1, 0.15) is 18.1 Å². The van der Waals surface area contributed by atoms with E-state index in [1.54, 1.807) is 24.3 Å². The number of likely N-dealkylation sites (N-methyl/N-ethyl adjacent to an activating group) is 1. The van der Waals surface area contributed by atoms with Crippen LogP contribution >= 0.6 is 0 Å². The van der Waals surface area contributed by atoms with Gasteiger partial charge in [-0.15, -0.1) is 0 Å². The van der Waals surface area contributed by atoms with Gasteiger partial charge in [-0.05, 0) is 54.9 Å². The Hall–Kier alpha value is -2.53. The van der Waals surface area contributed by atoms with Crippen molar-refractivity contribution in [1.29, 1.82) is 0 Å². The molecule has 138 valence electrons. The van der Waals surface area contributed by atoms with Gasteiger partial charge in [0, 0.05) is 37.6 Å². The number of rotatable bonds is 5. The highest BCUT2D eigenvalue weighted by Gasteiger charge is 2.16. The average Bonchev–Trinajstić information content (AvgIpc) is 2.65. The Kier molecular flexibility index (Phi) is 5.78. The van der Waals surface area contributed by atoms with Gasteiger partial charge in [-0.25, -0.2) is 0 Å². The Morgan fingerprint density at radius 3 is 2.38 bits per heavy atom. The maximum atomic E-state index is 12.3. The third-order valence-corrected chi connectivity index (χ3v) is 4.97. The van der Waals surface area contributed by atoms with E-state index in [2.05, 4.69) is 34.2 Å². The second kappa shape index (κ2) is 8.23. The molecule has 0 spiro atoms. The maximum Gasteiger partial charge on any atom is 0.228 e. The number of benzene rings is 2. The van der Waals surface area contributed by atoms with Gasteiger partial charge in [-0.3, -0.25) is 4.79 Å². The lowest BCUT2D eigenvalue weighted by Gasteiger charge is -2.35. The lowest BCUT2D eigenvalue weighted by molar-refractivity contribution is -0.115. The van der Waals surface area contributed by atoms with Gasteiger partial charge in [0.05, 0.1) is 6.42 Å². The van der Waals surface area contributed by atoms with Crippen molar-refractivity contribution in [2.24, 2.45) is 0 Å². The van der Waals surface area contributed by atoms with Crippen molar-refractivity contribution in [3.8, 4) is 5.75 Å². The molecule has 2 N–H and O–H groups in total. The second-order valence-corrected chi connectivity index (χ2v) is 6.81. The minimum Gasteiger partial charge on any atom is -0.508 e. The summed E-state index contributed by atoms with van der Waals surface area (Å²) in [4.78, 5) is 17.1. The zero-order valence-corrected chi connectivity index (χ0v) is 15.5. The first-order valence-corrected chi connectivity index (χ1v) is 9.21. The number of nitrogens with zero attached hydrogens (tertiary/aromatic N) is 2. The molecule has 1 heterocycles. The molecule has 0 aromatic heterocycles. The number of hydrogen-bond acceptors (Lipinski definition) is 4. The van der Waals surface area contributed by atoms with Gasteiger partial charge in [0.1, 0.15) is 5.75 Å². The molecular weight excluding hydrogens is 326 g/mol. The number of phenolic OH excluding ortho intramolecular Hbond substituents is 1. The van der Waals surface area contributed by atoms with Crippen LogP contribution in [0.4, 0.5) is 11.4 Å². The van der Waals surface area contributed by atoms with Crippen molar-refractivity contribution < 1.29 is 9.90 Å². The summed E-state index contributed by atoms with van der Waals surface area (Å²) in [6.45, 7) is 9.62. The van der Waals surface area contributed by atoms with Crippen molar-refractivity contribution in [2.75, 3.05) is 42.9 Å². The summed E-state index contributed by atoms with van der Waals surface area (Å²) >= 11 is 0. The van der Waals surface area contributed by atoms with E-state index in [1.165, 1.54) is 5.69 Å². The fraction of sp³-hybridized carbons (Fsp3) is 0.381. The van der Waals surface area contributed by atoms with Gasteiger partial charge in [0.25, 0.3) is 0 Å². The Balaban J connectivity index is 1.60. The number of aromatic hydroxyl groups is 1. The summed E-state index contributed by atoms with van der Waals surface area (Å²) in [5.74, 6) is 0.156. The molecular formula is C21H27N3O2. The number of carbonyl (C=O) groups excluding carboxylic acids is 1. The van der Waals surface area contributed by atoms with Crippen molar-refractivity contribution in [3.05, 3.63) is 53.6 Å². The van der Waals surface area contributed by atoms with Crippen molar-refractivity contribution in [3.63, 3.8) is 0 Å². The Bertz CT molecular complexity index is 750. The fourth-order valence-electron chi connectivity index (χ4n) is 3.30. The van der Waals surface area contributed by atoms with Crippen LogP contribution in [-0.4, -0.2) is 48.6 Å². The van der Waals surface area contributed by atoms with E-state index in [-0.39, 0.29) is 11.7 Å². The topological polar surface area (TPSA) is 55.8 Å². The number of piperazine rings is 1. The molecule has 1 amide bonds. The number of carbonyl (C=O) groups is 1. The predicted octanol–water partition coefficient (Wildman–Crippen LogP) is 3.02. The molecule has 1 saturated heterocycles. The van der Waals surface area contributed by atoms with Gasteiger partial charge >= 0.3 is 0 Å². The van der Waals surface area contributed by atoms with Crippen LogP contribution in [0, 0.1) is 6.92 Å². The van der Waals surface area contributed by atoms with Gasteiger partial charge in [0.2, 0.25) is 5.91 Å². The summed E-state index contributed by atoms with van der Waals surface area (Å²) < 4.78 is 0. The number of amides is 1. The minimum atomic E-state index is -0.0527. The SMILES string of the molecule is CCN1CCN(c2ccc(NC(=O)Cc3ccc(O)cc3)c(C)c2)CC1. The molecule has 2 aromatic carbocycles. The summed E-state index contributed by atoms with van der Waals surface area (Å²) in [6.07, 6.45) is 0.292. The van der Waals surface area contributed by atoms with Crippen LogP contribution in [0.5, 0.6) is 5.75 Å². The molecule has 0 unspecified atom stereocenters. The number of phenols is 1. The third kappa shape index (κ3) is 4.55. The maximum absolute atomic E-state index is 12.3. The van der Waals surface area contributed by atoms with Gasteiger partial charge in [-0.1, -0.05) is 19.1 Å². The van der Waals surface area contributed by atoms with E-state index in [0.29, 0.717) is 6.42 Å². The Morgan fingerprint density at radius 1 is 1.08 bits per heavy atom. The lowest BCUT2D eigenvalue weighted by atomic mass is 10.1. The first kappa shape index (κ1) is 18.3. The molecule has 0 saturated carbocycles. The molecule has 2 aromatic rings. The van der Waals surface area contributed by atoms with Crippen molar-refractivity contribution in [2.45, 2.75) is 20.3 Å². The number of nitrogens with one attached hydrogen (secondary N) is 1. The highest BCUT2D eigenvalue weighted by molar-refractivity contribution is 5.93. The van der Waals surface area contributed by atoms with E-state index in [4.69, 9.17) is 0 Å². The summed E-state index contributed by atoms with van der Waals surface area (Å²) in [5.41, 5.74) is 4.02. The van der Waals surface area contributed by atoms with Crippen LogP contribution in [-0.2, 0) is 11.2 Å². The zero-order chi connectivity index (χ0) is 18.5. The second-order valence-electron chi connectivity index (χ2n) is 6.81. The molecule has 0 aliphatic carbocycles. The van der Waals surface area contributed by atoms with Crippen molar-refractivity contribution in [1.82, 2.24) is 4.90 Å². The first-order valence-electron chi connectivity index (χ1n) is 9.21. The molecule has 0 bridgehead atoms. The fourth-order valence-corrected chi connectivity index (χ4v) is 3.30. The monoisotopic (exact) mass is 353 g/mol. The normalized spacial score (nSPS) is 15.1. The van der Waals surface area contributed by atoms with Crippen LogP contribution in [0.15, 0.2) is 42.5 Å². The number of anilines is 2. The molecule has 5 heteroatoms. The molecule has 3 rings (SSSR count). The molecule has 0 atom stereocenters. The zero-order valence-electron chi connectivity index (χ0n) is 15.5. The smallest absolute Gasteiger partial charge is 0.228 e. The Labute approximate surface area is 155 Å². The predicted molar refractivity (Wildman–Crippen MR) is 106 cm³/mol. The van der Waals surface area contributed by atoms with Crippen LogP contribution in [0.3, 0.4) is 0 Å². The van der Waals surface area contributed by atoms with Gasteiger partial charge in [-0.2, -0.15) is 0 Å². The van der Waals surface area contributed by atoms with E-state index in [0.717, 1.165) is 49.5 Å². The Morgan fingerprint density at radius 2 is 1.77 bits per heavy atom. The summed E-state index contributed by atoms with van der Waals surface area (Å²) in [6, 6.07) is 13.0.